The van der Waals surface area contributed by atoms with E-state index in [1.807, 2.05) is 0 Å². The molecule has 1 unspecified atom stereocenters. The predicted octanol–water partition coefficient (Wildman–Crippen LogP) is 0.834. The van der Waals surface area contributed by atoms with Gasteiger partial charge in [0.2, 0.25) is 5.91 Å². The number of hydrogen-bond acceptors (Lipinski definition) is 2. The van der Waals surface area contributed by atoms with Gasteiger partial charge in [0, 0.05) is 19.0 Å². The molecule has 1 aliphatic rings. The van der Waals surface area contributed by atoms with Gasteiger partial charge in [0.15, 0.2) is 0 Å². The van der Waals surface area contributed by atoms with E-state index >= 15 is 0 Å². The lowest BCUT2D eigenvalue weighted by Gasteiger charge is -2.23. The van der Waals surface area contributed by atoms with Gasteiger partial charge >= 0.3 is 0 Å². The van der Waals surface area contributed by atoms with E-state index in [0.29, 0.717) is 19.4 Å². The molecule has 1 heterocycles. The van der Waals surface area contributed by atoms with E-state index in [4.69, 9.17) is 0 Å². The molecule has 2 rings (SSSR count). The van der Waals surface area contributed by atoms with Crippen LogP contribution in [0.4, 0.5) is 4.39 Å². The molecule has 1 aromatic carbocycles. The zero-order valence-electron chi connectivity index (χ0n) is 9.20. The molecular formula is C12H13FN2O2. The third-order valence-electron chi connectivity index (χ3n) is 2.72. The SMILES string of the molecule is O=C1CCC(NC(=O)c2ccccc2F)CN1. The van der Waals surface area contributed by atoms with Crippen molar-refractivity contribution in [3.63, 3.8) is 0 Å². The number of carbonyl (C=O) groups excluding carboxylic acids is 2. The average molecular weight is 236 g/mol. The summed E-state index contributed by atoms with van der Waals surface area (Å²) in [6.45, 7) is 0.402. The van der Waals surface area contributed by atoms with Crippen molar-refractivity contribution in [2.75, 3.05) is 6.54 Å². The lowest BCUT2D eigenvalue weighted by Crippen LogP contribution is -2.47. The number of piperidine rings is 1. The molecule has 0 aromatic heterocycles. The first kappa shape index (κ1) is 11.6. The third kappa shape index (κ3) is 2.81. The van der Waals surface area contributed by atoms with E-state index in [2.05, 4.69) is 10.6 Å². The zero-order chi connectivity index (χ0) is 12.3. The summed E-state index contributed by atoms with van der Waals surface area (Å²) in [5, 5.41) is 5.36. The van der Waals surface area contributed by atoms with Crippen LogP contribution in [0.1, 0.15) is 23.2 Å². The average Bonchev–Trinajstić information content (AvgIpc) is 2.32. The van der Waals surface area contributed by atoms with Gasteiger partial charge in [-0.2, -0.15) is 0 Å². The van der Waals surface area contributed by atoms with Crippen LogP contribution in [0, 0.1) is 5.82 Å². The Bertz CT molecular complexity index is 438. The summed E-state index contributed by atoms with van der Waals surface area (Å²) in [6, 6.07) is 5.71. The predicted molar refractivity (Wildman–Crippen MR) is 59.9 cm³/mol. The Morgan fingerprint density at radius 3 is 2.82 bits per heavy atom. The summed E-state index contributed by atoms with van der Waals surface area (Å²) < 4.78 is 13.3. The summed E-state index contributed by atoms with van der Waals surface area (Å²) in [5.41, 5.74) is 0.0319. The number of amides is 2. The molecule has 1 atom stereocenters. The van der Waals surface area contributed by atoms with Gasteiger partial charge in [-0.3, -0.25) is 9.59 Å². The molecule has 17 heavy (non-hydrogen) atoms. The van der Waals surface area contributed by atoms with Gasteiger partial charge in [0.1, 0.15) is 5.82 Å². The number of carbonyl (C=O) groups is 2. The Balaban J connectivity index is 1.98. The summed E-state index contributed by atoms with van der Waals surface area (Å²) in [6.07, 6.45) is 0.980. The molecule has 0 radical (unpaired) electrons. The van der Waals surface area contributed by atoms with Crippen LogP contribution >= 0.6 is 0 Å². The van der Waals surface area contributed by atoms with Crippen molar-refractivity contribution < 1.29 is 14.0 Å². The van der Waals surface area contributed by atoms with Gasteiger partial charge < -0.3 is 10.6 Å². The van der Waals surface area contributed by atoms with E-state index in [1.54, 1.807) is 6.07 Å². The molecule has 0 saturated carbocycles. The maximum atomic E-state index is 13.3. The first-order chi connectivity index (χ1) is 8.16. The highest BCUT2D eigenvalue weighted by Gasteiger charge is 2.21. The number of hydrogen-bond donors (Lipinski definition) is 2. The molecule has 1 saturated heterocycles. The van der Waals surface area contributed by atoms with Gasteiger partial charge in [-0.1, -0.05) is 12.1 Å². The second-order valence-electron chi connectivity index (χ2n) is 3.99. The Hall–Kier alpha value is -1.91. The highest BCUT2D eigenvalue weighted by atomic mass is 19.1. The maximum absolute atomic E-state index is 13.3. The van der Waals surface area contributed by atoms with E-state index in [0.717, 1.165) is 0 Å². The summed E-state index contributed by atoms with van der Waals surface area (Å²) in [5.74, 6) is -0.990. The molecule has 1 aromatic rings. The molecule has 2 amide bonds. The number of nitrogens with one attached hydrogen (secondary N) is 2. The Morgan fingerprint density at radius 1 is 1.41 bits per heavy atom. The normalized spacial score (nSPS) is 19.6. The molecule has 0 bridgehead atoms. The lowest BCUT2D eigenvalue weighted by atomic mass is 10.1. The largest absolute Gasteiger partial charge is 0.354 e. The lowest BCUT2D eigenvalue weighted by molar-refractivity contribution is -0.122. The second-order valence-corrected chi connectivity index (χ2v) is 3.99. The van der Waals surface area contributed by atoms with E-state index < -0.39 is 11.7 Å². The van der Waals surface area contributed by atoms with Crippen LogP contribution in [-0.4, -0.2) is 24.4 Å². The van der Waals surface area contributed by atoms with Crippen LogP contribution < -0.4 is 10.6 Å². The topological polar surface area (TPSA) is 58.2 Å². The zero-order valence-corrected chi connectivity index (χ0v) is 9.20. The van der Waals surface area contributed by atoms with Crippen molar-refractivity contribution in [2.45, 2.75) is 18.9 Å². The fraction of sp³-hybridized carbons (Fsp3) is 0.333. The molecule has 0 spiro atoms. The van der Waals surface area contributed by atoms with Crippen molar-refractivity contribution >= 4 is 11.8 Å². The minimum absolute atomic E-state index is 0.0126. The van der Waals surface area contributed by atoms with Crippen LogP contribution in [0.2, 0.25) is 0 Å². The Kier molecular flexibility index (Phi) is 3.37. The van der Waals surface area contributed by atoms with Crippen molar-refractivity contribution in [2.24, 2.45) is 0 Å². The molecular weight excluding hydrogens is 223 g/mol. The Morgan fingerprint density at radius 2 is 2.18 bits per heavy atom. The van der Waals surface area contributed by atoms with Crippen LogP contribution in [0.3, 0.4) is 0 Å². The standard InChI is InChI=1S/C12H13FN2O2/c13-10-4-2-1-3-9(10)12(17)15-8-5-6-11(16)14-7-8/h1-4,8H,5-7H2,(H,14,16)(H,15,17). The van der Waals surface area contributed by atoms with Gasteiger partial charge in [0.25, 0.3) is 5.91 Å². The van der Waals surface area contributed by atoms with Gasteiger partial charge in [-0.25, -0.2) is 4.39 Å². The molecule has 90 valence electrons. The fourth-order valence-electron chi connectivity index (χ4n) is 1.76. The molecule has 1 aliphatic heterocycles. The number of benzene rings is 1. The van der Waals surface area contributed by atoms with E-state index in [1.165, 1.54) is 18.2 Å². The first-order valence-electron chi connectivity index (χ1n) is 5.49. The van der Waals surface area contributed by atoms with Crippen LogP contribution in [-0.2, 0) is 4.79 Å². The number of rotatable bonds is 2. The molecule has 1 fully saturated rings. The molecule has 2 N–H and O–H groups in total. The van der Waals surface area contributed by atoms with Crippen molar-refractivity contribution in [1.82, 2.24) is 10.6 Å². The summed E-state index contributed by atoms with van der Waals surface area (Å²) in [4.78, 5) is 22.7. The summed E-state index contributed by atoms with van der Waals surface area (Å²) in [7, 11) is 0. The quantitative estimate of drug-likeness (QED) is 0.799. The molecule has 4 nitrogen and oxygen atoms in total. The van der Waals surface area contributed by atoms with Gasteiger partial charge in [0.05, 0.1) is 5.56 Å². The van der Waals surface area contributed by atoms with Gasteiger partial charge in [-0.05, 0) is 18.6 Å². The summed E-state index contributed by atoms with van der Waals surface area (Å²) >= 11 is 0. The van der Waals surface area contributed by atoms with Crippen LogP contribution in [0.15, 0.2) is 24.3 Å². The van der Waals surface area contributed by atoms with Crippen LogP contribution in [0.25, 0.3) is 0 Å². The second kappa shape index (κ2) is 4.95. The van der Waals surface area contributed by atoms with E-state index in [-0.39, 0.29) is 17.5 Å². The minimum atomic E-state index is -0.537. The van der Waals surface area contributed by atoms with Crippen LogP contribution in [0.5, 0.6) is 0 Å². The van der Waals surface area contributed by atoms with Crippen molar-refractivity contribution in [3.8, 4) is 0 Å². The van der Waals surface area contributed by atoms with Crippen molar-refractivity contribution in [3.05, 3.63) is 35.6 Å². The smallest absolute Gasteiger partial charge is 0.254 e. The van der Waals surface area contributed by atoms with Crippen molar-refractivity contribution in [1.29, 1.82) is 0 Å². The monoisotopic (exact) mass is 236 g/mol. The third-order valence-corrected chi connectivity index (χ3v) is 2.72. The highest BCUT2D eigenvalue weighted by Crippen LogP contribution is 2.08. The Labute approximate surface area is 98.2 Å². The fourth-order valence-corrected chi connectivity index (χ4v) is 1.76. The highest BCUT2D eigenvalue weighted by molar-refractivity contribution is 5.94. The maximum Gasteiger partial charge on any atom is 0.254 e. The molecule has 0 aliphatic carbocycles. The van der Waals surface area contributed by atoms with E-state index in [9.17, 15) is 14.0 Å². The minimum Gasteiger partial charge on any atom is -0.354 e. The van der Waals surface area contributed by atoms with Gasteiger partial charge in [-0.15, -0.1) is 0 Å². The first-order valence-corrected chi connectivity index (χ1v) is 5.49. The molecule has 5 heteroatoms. The number of halogens is 1.